The third kappa shape index (κ3) is 40.5. The number of hydrogen-bond acceptors (Lipinski definition) is 6. The van der Waals surface area contributed by atoms with Crippen LogP contribution in [0.2, 0.25) is 0 Å². The minimum absolute atomic E-state index is 0.0936. The Labute approximate surface area is 315 Å². The van der Waals surface area contributed by atoms with E-state index in [2.05, 4.69) is 55.6 Å². The number of unbranched alkanes of at least 4 members (excludes halogenated alkanes) is 20. The van der Waals surface area contributed by atoms with Gasteiger partial charge in [-0.2, -0.15) is 0 Å². The molecule has 0 saturated carbocycles. The third-order valence-electron chi connectivity index (χ3n) is 8.99. The van der Waals surface area contributed by atoms with Crippen LogP contribution in [-0.4, -0.2) is 70.1 Å². The molecular formula is C44H82N2O5. The number of amides is 1. The van der Waals surface area contributed by atoms with Crippen LogP contribution < -0.4 is 5.32 Å². The zero-order valence-electron chi connectivity index (χ0n) is 34.0. The highest BCUT2D eigenvalue weighted by Gasteiger charge is 2.16. The van der Waals surface area contributed by atoms with Crippen LogP contribution in [0.3, 0.4) is 0 Å². The molecule has 0 radical (unpaired) electrons. The number of hydrogen-bond donors (Lipinski definition) is 1. The predicted octanol–water partition coefficient (Wildman–Crippen LogP) is 12.1. The summed E-state index contributed by atoms with van der Waals surface area (Å²) in [4.78, 5) is 26.7. The van der Waals surface area contributed by atoms with Crippen molar-refractivity contribution in [2.75, 3.05) is 47.1 Å². The van der Waals surface area contributed by atoms with Crippen LogP contribution in [0, 0.1) is 0 Å². The second-order valence-corrected chi connectivity index (χ2v) is 14.5. The zero-order chi connectivity index (χ0) is 37.3. The van der Waals surface area contributed by atoms with E-state index in [1.807, 2.05) is 19.0 Å². The fourth-order valence-electron chi connectivity index (χ4n) is 5.68. The Bertz CT molecular complexity index is 841. The van der Waals surface area contributed by atoms with Gasteiger partial charge in [-0.3, -0.25) is 4.79 Å². The first-order valence-corrected chi connectivity index (χ1v) is 21.3. The first-order valence-electron chi connectivity index (χ1n) is 21.3. The number of esters is 1. The number of carbonyl (C=O) groups excluding carboxylic acids is 2. The Morgan fingerprint density at radius 2 is 1.02 bits per heavy atom. The van der Waals surface area contributed by atoms with Gasteiger partial charge >= 0.3 is 12.1 Å². The van der Waals surface area contributed by atoms with E-state index in [1.165, 1.54) is 116 Å². The number of allylic oxidation sites excluding steroid dienone is 6. The van der Waals surface area contributed by atoms with E-state index in [1.54, 1.807) is 0 Å². The standard InChI is InChI=1S/C44H82N2O5/c1-5-7-9-11-13-15-17-19-21-23-25-27-29-31-33-35-38-49-40-42(45-44(48)50-39-37-46(3)4)41-51-43(47)36-34-32-30-28-26-24-22-20-18-16-14-12-10-8-6-2/h13,15,19-22,42H,5-12,14,16-18,23-41H2,1-4H3,(H,45,48)/b15-13-,21-19-,22-20-. The van der Waals surface area contributed by atoms with Gasteiger partial charge < -0.3 is 24.4 Å². The molecule has 7 nitrogen and oxygen atoms in total. The summed E-state index contributed by atoms with van der Waals surface area (Å²) in [5, 5.41) is 2.83. The van der Waals surface area contributed by atoms with Crippen LogP contribution >= 0.6 is 0 Å². The van der Waals surface area contributed by atoms with Crippen molar-refractivity contribution in [2.45, 2.75) is 187 Å². The molecule has 0 heterocycles. The molecule has 0 rings (SSSR count). The van der Waals surface area contributed by atoms with Crippen molar-refractivity contribution < 1.29 is 23.8 Å². The molecule has 0 aromatic rings. The number of nitrogens with zero attached hydrogens (tertiary/aromatic N) is 1. The average molecular weight is 719 g/mol. The van der Waals surface area contributed by atoms with E-state index < -0.39 is 12.1 Å². The van der Waals surface area contributed by atoms with Gasteiger partial charge in [0.2, 0.25) is 0 Å². The molecule has 1 atom stereocenters. The summed E-state index contributed by atoms with van der Waals surface area (Å²) >= 11 is 0. The third-order valence-corrected chi connectivity index (χ3v) is 8.99. The van der Waals surface area contributed by atoms with Gasteiger partial charge in [0.05, 0.1) is 12.6 Å². The maximum atomic E-state index is 12.4. The monoisotopic (exact) mass is 719 g/mol. The minimum atomic E-state index is -0.507. The summed E-state index contributed by atoms with van der Waals surface area (Å²) in [6, 6.07) is -0.431. The maximum absolute atomic E-state index is 12.4. The molecule has 0 aromatic carbocycles. The quantitative estimate of drug-likeness (QED) is 0.0389. The molecule has 0 aliphatic rings. The molecular weight excluding hydrogens is 636 g/mol. The Morgan fingerprint density at radius 1 is 0.549 bits per heavy atom. The lowest BCUT2D eigenvalue weighted by atomic mass is 10.1. The second-order valence-electron chi connectivity index (χ2n) is 14.5. The fourth-order valence-corrected chi connectivity index (χ4v) is 5.68. The maximum Gasteiger partial charge on any atom is 0.407 e. The Morgan fingerprint density at radius 3 is 1.59 bits per heavy atom. The lowest BCUT2D eigenvalue weighted by Crippen LogP contribution is -2.43. The molecule has 298 valence electrons. The Hall–Kier alpha value is -2.12. The number of alkyl carbamates (subject to hydrolysis) is 1. The van der Waals surface area contributed by atoms with Crippen molar-refractivity contribution in [3.63, 3.8) is 0 Å². The van der Waals surface area contributed by atoms with Crippen molar-refractivity contribution in [2.24, 2.45) is 0 Å². The molecule has 0 fully saturated rings. The van der Waals surface area contributed by atoms with Crippen LogP contribution in [0.4, 0.5) is 4.79 Å². The smallest absolute Gasteiger partial charge is 0.407 e. The molecule has 1 N–H and O–H groups in total. The van der Waals surface area contributed by atoms with E-state index in [9.17, 15) is 9.59 Å². The molecule has 7 heteroatoms. The molecule has 0 aliphatic heterocycles. The van der Waals surface area contributed by atoms with Crippen molar-refractivity contribution in [1.29, 1.82) is 0 Å². The number of ether oxygens (including phenoxy) is 3. The normalized spacial score (nSPS) is 12.5. The number of carbonyl (C=O) groups is 2. The van der Waals surface area contributed by atoms with Crippen molar-refractivity contribution in [1.82, 2.24) is 10.2 Å². The first-order chi connectivity index (χ1) is 25.0. The predicted molar refractivity (Wildman–Crippen MR) is 217 cm³/mol. The number of likely N-dealkylation sites (N-methyl/N-ethyl adjacent to an activating group) is 1. The summed E-state index contributed by atoms with van der Waals surface area (Å²) in [7, 11) is 3.86. The highest BCUT2D eigenvalue weighted by molar-refractivity contribution is 5.69. The lowest BCUT2D eigenvalue weighted by molar-refractivity contribution is -0.145. The Kier molecular flexibility index (Phi) is 39.0. The molecule has 1 unspecified atom stereocenters. The average Bonchev–Trinajstić information content (AvgIpc) is 3.11. The molecule has 0 aliphatic carbocycles. The Balaban J connectivity index is 4.05. The summed E-state index contributed by atoms with van der Waals surface area (Å²) < 4.78 is 16.7. The van der Waals surface area contributed by atoms with E-state index in [-0.39, 0.29) is 12.6 Å². The van der Waals surface area contributed by atoms with Crippen molar-refractivity contribution in [3.05, 3.63) is 36.5 Å². The van der Waals surface area contributed by atoms with Gasteiger partial charge in [-0.15, -0.1) is 0 Å². The SMILES string of the molecule is CCCCC/C=C\C/C=C\CCCCCCCCOCC(COC(=O)CCCCCCC/C=C\CCCCCCCC)NC(=O)OCCN(C)C. The highest BCUT2D eigenvalue weighted by atomic mass is 16.6. The lowest BCUT2D eigenvalue weighted by Gasteiger charge is -2.19. The van der Waals surface area contributed by atoms with E-state index in [4.69, 9.17) is 14.2 Å². The largest absolute Gasteiger partial charge is 0.463 e. The fraction of sp³-hybridized carbons (Fsp3) is 0.818. The van der Waals surface area contributed by atoms with Crippen molar-refractivity contribution in [3.8, 4) is 0 Å². The van der Waals surface area contributed by atoms with Crippen LogP contribution in [-0.2, 0) is 19.0 Å². The van der Waals surface area contributed by atoms with Gasteiger partial charge in [0.25, 0.3) is 0 Å². The molecule has 0 aromatic heterocycles. The summed E-state index contributed by atoms with van der Waals surface area (Å²) in [5.74, 6) is -0.217. The van der Waals surface area contributed by atoms with Crippen molar-refractivity contribution >= 4 is 12.1 Å². The number of rotatable bonds is 38. The molecule has 0 bridgehead atoms. The summed E-state index contributed by atoms with van der Waals surface area (Å²) in [5.41, 5.74) is 0. The van der Waals surface area contributed by atoms with Crippen LogP contribution in [0.25, 0.3) is 0 Å². The zero-order valence-corrected chi connectivity index (χ0v) is 34.0. The van der Waals surface area contributed by atoms with Gasteiger partial charge in [-0.1, -0.05) is 140 Å². The highest BCUT2D eigenvalue weighted by Crippen LogP contribution is 2.11. The van der Waals surface area contributed by atoms with E-state index in [0.29, 0.717) is 32.8 Å². The molecule has 51 heavy (non-hydrogen) atoms. The van der Waals surface area contributed by atoms with E-state index in [0.717, 1.165) is 44.9 Å². The molecule has 1 amide bonds. The van der Waals surface area contributed by atoms with Gasteiger partial charge in [0.1, 0.15) is 13.2 Å². The van der Waals surface area contributed by atoms with Crippen LogP contribution in [0.1, 0.15) is 181 Å². The summed E-state index contributed by atoms with van der Waals surface area (Å²) in [6.07, 6.45) is 44.2. The topological polar surface area (TPSA) is 77.1 Å². The van der Waals surface area contributed by atoms with Gasteiger partial charge in [0.15, 0.2) is 0 Å². The van der Waals surface area contributed by atoms with Gasteiger partial charge in [-0.05, 0) is 84.7 Å². The van der Waals surface area contributed by atoms with Crippen LogP contribution in [0.15, 0.2) is 36.5 Å². The van der Waals surface area contributed by atoms with Gasteiger partial charge in [-0.25, -0.2) is 4.79 Å². The van der Waals surface area contributed by atoms with Crippen LogP contribution in [0.5, 0.6) is 0 Å². The summed E-state index contributed by atoms with van der Waals surface area (Å²) in [6.45, 7) is 6.48. The van der Waals surface area contributed by atoms with Gasteiger partial charge in [0, 0.05) is 19.6 Å². The second kappa shape index (κ2) is 40.6. The molecule has 0 saturated heterocycles. The number of nitrogens with one attached hydrogen (secondary N) is 1. The van der Waals surface area contributed by atoms with E-state index >= 15 is 0 Å². The minimum Gasteiger partial charge on any atom is -0.463 e. The first kappa shape index (κ1) is 48.9. The molecule has 0 spiro atoms.